The molecule has 0 radical (unpaired) electrons. The second-order valence-electron chi connectivity index (χ2n) is 6.31. The normalized spacial score (nSPS) is 17.7. The smallest absolute Gasteiger partial charge is 0.338 e. The monoisotopic (exact) mass is 367 g/mol. The van der Waals surface area contributed by atoms with Crippen molar-refractivity contribution in [3.05, 3.63) is 59.9 Å². The Bertz CT molecular complexity index is 821. The molecular weight excluding hydrogens is 346 g/mol. The zero-order valence-electron chi connectivity index (χ0n) is 15.0. The molecule has 1 aromatic heterocycles. The van der Waals surface area contributed by atoms with Gasteiger partial charge in [0.1, 0.15) is 0 Å². The van der Waals surface area contributed by atoms with Crippen LogP contribution >= 0.6 is 0 Å². The van der Waals surface area contributed by atoms with E-state index >= 15 is 0 Å². The van der Waals surface area contributed by atoms with Crippen molar-refractivity contribution in [2.45, 2.75) is 19.9 Å². The predicted octanol–water partition coefficient (Wildman–Crippen LogP) is 2.15. The minimum atomic E-state index is -0.400. The second kappa shape index (κ2) is 8.44. The van der Waals surface area contributed by atoms with Crippen molar-refractivity contribution in [2.24, 2.45) is 11.8 Å². The highest BCUT2D eigenvalue weighted by Crippen LogP contribution is 2.39. The maximum absolute atomic E-state index is 12.3. The number of carbonyl (C=O) groups excluding carboxylic acids is 3. The van der Waals surface area contributed by atoms with Crippen LogP contribution in [0.5, 0.6) is 0 Å². The number of benzene rings is 1. The van der Waals surface area contributed by atoms with E-state index in [0.29, 0.717) is 30.8 Å². The van der Waals surface area contributed by atoms with Gasteiger partial charge < -0.3 is 15.4 Å². The van der Waals surface area contributed by atoms with Crippen LogP contribution in [0.25, 0.3) is 0 Å². The van der Waals surface area contributed by atoms with Crippen LogP contribution in [0.4, 0.5) is 5.69 Å². The van der Waals surface area contributed by atoms with Crippen LogP contribution in [0.15, 0.2) is 48.8 Å². The number of nitrogens with zero attached hydrogens (tertiary/aromatic N) is 1. The number of ether oxygens (including phenoxy) is 1. The topological polar surface area (TPSA) is 97.4 Å². The van der Waals surface area contributed by atoms with E-state index in [1.165, 1.54) is 0 Å². The fourth-order valence-electron chi connectivity index (χ4n) is 2.73. The van der Waals surface area contributed by atoms with Gasteiger partial charge >= 0.3 is 5.97 Å². The van der Waals surface area contributed by atoms with Crippen molar-refractivity contribution in [3.8, 4) is 0 Å². The summed E-state index contributed by atoms with van der Waals surface area (Å²) in [5.41, 5.74) is 1.97. The first-order valence-corrected chi connectivity index (χ1v) is 8.83. The van der Waals surface area contributed by atoms with Crippen LogP contribution < -0.4 is 10.6 Å². The number of esters is 1. The van der Waals surface area contributed by atoms with Crippen LogP contribution in [0.1, 0.15) is 29.3 Å². The number of anilines is 1. The predicted molar refractivity (Wildman–Crippen MR) is 98.7 cm³/mol. The number of amides is 2. The van der Waals surface area contributed by atoms with Crippen molar-refractivity contribution in [3.63, 3.8) is 0 Å². The van der Waals surface area contributed by atoms with Crippen molar-refractivity contribution < 1.29 is 19.1 Å². The van der Waals surface area contributed by atoms with E-state index in [-0.39, 0.29) is 23.7 Å². The molecule has 1 fully saturated rings. The van der Waals surface area contributed by atoms with Crippen LogP contribution in [-0.4, -0.2) is 29.4 Å². The lowest BCUT2D eigenvalue weighted by Crippen LogP contribution is -2.27. The first kappa shape index (κ1) is 18.6. The minimum Gasteiger partial charge on any atom is -0.462 e. The molecule has 2 amide bonds. The van der Waals surface area contributed by atoms with Gasteiger partial charge in [-0.3, -0.25) is 14.6 Å². The molecular formula is C20H21N3O4. The Labute approximate surface area is 157 Å². The average molecular weight is 367 g/mol. The Morgan fingerprint density at radius 2 is 1.70 bits per heavy atom. The molecule has 1 aromatic carbocycles. The third-order valence-electron chi connectivity index (χ3n) is 4.34. The Kier molecular flexibility index (Phi) is 5.80. The lowest BCUT2D eigenvalue weighted by molar-refractivity contribution is -0.125. The third-order valence-corrected chi connectivity index (χ3v) is 4.34. The van der Waals surface area contributed by atoms with E-state index in [2.05, 4.69) is 15.6 Å². The fraction of sp³-hybridized carbons (Fsp3) is 0.300. The third kappa shape index (κ3) is 4.91. The van der Waals surface area contributed by atoms with Gasteiger partial charge in [-0.05, 0) is 55.3 Å². The first-order chi connectivity index (χ1) is 13.1. The van der Waals surface area contributed by atoms with Crippen molar-refractivity contribution in [1.82, 2.24) is 10.3 Å². The van der Waals surface area contributed by atoms with E-state index in [1.54, 1.807) is 43.6 Å². The van der Waals surface area contributed by atoms with Crippen LogP contribution in [0.3, 0.4) is 0 Å². The zero-order valence-corrected chi connectivity index (χ0v) is 15.0. The number of rotatable bonds is 7. The molecule has 0 spiro atoms. The van der Waals surface area contributed by atoms with Crippen LogP contribution in [-0.2, 0) is 20.9 Å². The quantitative estimate of drug-likeness (QED) is 0.731. The van der Waals surface area contributed by atoms with E-state index in [9.17, 15) is 14.4 Å². The minimum absolute atomic E-state index is 0.121. The highest BCUT2D eigenvalue weighted by atomic mass is 16.5. The molecule has 7 heteroatoms. The van der Waals surface area contributed by atoms with Gasteiger partial charge in [0.2, 0.25) is 11.8 Å². The SMILES string of the molecule is CCOC(=O)c1ccc(NC(=O)C2CC2C(=O)NCc2ccncc2)cc1. The molecule has 3 rings (SSSR count). The Hall–Kier alpha value is -3.22. The molecule has 1 heterocycles. The molecule has 1 aliphatic carbocycles. The summed E-state index contributed by atoms with van der Waals surface area (Å²) in [6, 6.07) is 10.1. The number of pyridine rings is 1. The molecule has 27 heavy (non-hydrogen) atoms. The Balaban J connectivity index is 1.47. The number of carbonyl (C=O) groups is 3. The molecule has 2 N–H and O–H groups in total. The highest BCUT2D eigenvalue weighted by Gasteiger charge is 2.47. The maximum atomic E-state index is 12.3. The molecule has 2 unspecified atom stereocenters. The van der Waals surface area contributed by atoms with Gasteiger partial charge in [-0.25, -0.2) is 4.79 Å². The summed E-state index contributed by atoms with van der Waals surface area (Å²) in [5.74, 6) is -1.34. The number of nitrogens with one attached hydrogen (secondary N) is 2. The summed E-state index contributed by atoms with van der Waals surface area (Å²) < 4.78 is 4.92. The van der Waals surface area contributed by atoms with E-state index in [0.717, 1.165) is 5.56 Å². The lowest BCUT2D eigenvalue weighted by atomic mass is 10.2. The molecule has 2 atom stereocenters. The summed E-state index contributed by atoms with van der Waals surface area (Å²) >= 11 is 0. The molecule has 140 valence electrons. The lowest BCUT2D eigenvalue weighted by Gasteiger charge is -2.07. The molecule has 2 aromatic rings. The van der Waals surface area contributed by atoms with Gasteiger partial charge in [-0.2, -0.15) is 0 Å². The van der Waals surface area contributed by atoms with Gasteiger partial charge in [0.15, 0.2) is 0 Å². The molecule has 0 aliphatic heterocycles. The largest absolute Gasteiger partial charge is 0.462 e. The zero-order chi connectivity index (χ0) is 19.2. The van der Waals surface area contributed by atoms with Gasteiger partial charge in [-0.1, -0.05) is 0 Å². The van der Waals surface area contributed by atoms with Crippen molar-refractivity contribution in [1.29, 1.82) is 0 Å². The molecule has 0 bridgehead atoms. The van der Waals surface area contributed by atoms with E-state index < -0.39 is 5.97 Å². The standard InChI is InChI=1S/C20H21N3O4/c1-2-27-20(26)14-3-5-15(6-4-14)23-19(25)17-11-16(17)18(24)22-12-13-7-9-21-10-8-13/h3-10,16-17H,2,11-12H2,1H3,(H,22,24)(H,23,25). The second-order valence-corrected chi connectivity index (χ2v) is 6.31. The highest BCUT2D eigenvalue weighted by molar-refractivity contribution is 5.99. The average Bonchev–Trinajstić information content (AvgIpc) is 3.49. The maximum Gasteiger partial charge on any atom is 0.338 e. The first-order valence-electron chi connectivity index (χ1n) is 8.83. The van der Waals surface area contributed by atoms with Gasteiger partial charge in [0.05, 0.1) is 24.0 Å². The molecule has 1 aliphatic rings. The fourth-order valence-corrected chi connectivity index (χ4v) is 2.73. The van der Waals surface area contributed by atoms with Crippen LogP contribution in [0.2, 0.25) is 0 Å². The van der Waals surface area contributed by atoms with E-state index in [1.807, 2.05) is 12.1 Å². The molecule has 1 saturated carbocycles. The molecule has 7 nitrogen and oxygen atoms in total. The molecule has 0 saturated heterocycles. The Morgan fingerprint density at radius 3 is 2.37 bits per heavy atom. The summed E-state index contributed by atoms with van der Waals surface area (Å²) in [6.45, 7) is 2.47. The summed E-state index contributed by atoms with van der Waals surface area (Å²) in [6.07, 6.45) is 3.87. The number of hydrogen-bond donors (Lipinski definition) is 2. The summed E-state index contributed by atoms with van der Waals surface area (Å²) in [4.78, 5) is 40.0. The van der Waals surface area contributed by atoms with Gasteiger partial charge in [-0.15, -0.1) is 0 Å². The van der Waals surface area contributed by atoms with Crippen LogP contribution in [0, 0.1) is 11.8 Å². The van der Waals surface area contributed by atoms with E-state index in [4.69, 9.17) is 4.74 Å². The van der Waals surface area contributed by atoms with Gasteiger partial charge in [0, 0.05) is 24.6 Å². The summed E-state index contributed by atoms with van der Waals surface area (Å²) in [5, 5.41) is 5.62. The summed E-state index contributed by atoms with van der Waals surface area (Å²) in [7, 11) is 0. The number of hydrogen-bond acceptors (Lipinski definition) is 5. The van der Waals surface area contributed by atoms with Gasteiger partial charge in [0.25, 0.3) is 0 Å². The number of aromatic nitrogens is 1. The van der Waals surface area contributed by atoms with Crippen molar-refractivity contribution in [2.75, 3.05) is 11.9 Å². The Morgan fingerprint density at radius 1 is 1.04 bits per heavy atom. The van der Waals surface area contributed by atoms with Crippen molar-refractivity contribution >= 4 is 23.5 Å².